The number of hydrogen-bond donors (Lipinski definition) is 2. The lowest BCUT2D eigenvalue weighted by Crippen LogP contribution is -2.49. The first kappa shape index (κ1) is 18.6. The Morgan fingerprint density at radius 2 is 1.78 bits per heavy atom. The van der Waals surface area contributed by atoms with E-state index in [1.807, 2.05) is 62.4 Å². The Morgan fingerprint density at radius 3 is 2.48 bits per heavy atom. The first-order chi connectivity index (χ1) is 13.0. The predicted molar refractivity (Wildman–Crippen MR) is 106 cm³/mol. The molecule has 0 saturated heterocycles. The van der Waals surface area contributed by atoms with Gasteiger partial charge in [-0.05, 0) is 40.5 Å². The summed E-state index contributed by atoms with van der Waals surface area (Å²) in [6, 6.07) is 16.5. The van der Waals surface area contributed by atoms with E-state index in [1.54, 1.807) is 18.5 Å². The number of hydrogen-bond acceptors (Lipinski definition) is 3. The van der Waals surface area contributed by atoms with Crippen molar-refractivity contribution < 1.29 is 9.59 Å². The number of carbonyl (C=O) groups is 2. The van der Waals surface area contributed by atoms with E-state index >= 15 is 0 Å². The summed E-state index contributed by atoms with van der Waals surface area (Å²) in [6.07, 6.45) is 3.39. The van der Waals surface area contributed by atoms with Gasteiger partial charge in [-0.3, -0.25) is 14.6 Å². The number of amides is 2. The smallest absolute Gasteiger partial charge is 0.251 e. The van der Waals surface area contributed by atoms with Crippen LogP contribution in [0, 0.1) is 5.92 Å². The third-order valence-corrected chi connectivity index (χ3v) is 4.44. The van der Waals surface area contributed by atoms with Crippen molar-refractivity contribution in [2.75, 3.05) is 0 Å². The van der Waals surface area contributed by atoms with E-state index in [1.165, 1.54) is 0 Å². The maximum absolute atomic E-state index is 12.7. The van der Waals surface area contributed by atoms with Crippen molar-refractivity contribution in [2.45, 2.75) is 26.4 Å². The van der Waals surface area contributed by atoms with Gasteiger partial charge in [0.05, 0.1) is 0 Å². The van der Waals surface area contributed by atoms with Crippen LogP contribution in [0.4, 0.5) is 0 Å². The van der Waals surface area contributed by atoms with E-state index in [-0.39, 0.29) is 17.7 Å². The number of nitrogens with one attached hydrogen (secondary N) is 2. The molecular weight excluding hydrogens is 338 g/mol. The lowest BCUT2D eigenvalue weighted by molar-refractivity contribution is -0.124. The molecule has 2 aromatic carbocycles. The molecule has 2 N–H and O–H groups in total. The Kier molecular flexibility index (Phi) is 5.81. The van der Waals surface area contributed by atoms with Gasteiger partial charge in [0, 0.05) is 24.5 Å². The molecule has 0 bridgehead atoms. The van der Waals surface area contributed by atoms with Gasteiger partial charge in [0.2, 0.25) is 5.91 Å². The monoisotopic (exact) mass is 361 g/mol. The molecule has 0 fully saturated rings. The number of fused-ring (bicyclic) bond motifs is 1. The zero-order chi connectivity index (χ0) is 19.2. The molecule has 3 aromatic rings. The molecule has 1 aromatic heterocycles. The molecule has 0 spiro atoms. The number of carbonyl (C=O) groups excluding carboxylic acids is 2. The summed E-state index contributed by atoms with van der Waals surface area (Å²) < 4.78 is 0. The summed E-state index contributed by atoms with van der Waals surface area (Å²) in [6.45, 7) is 4.20. The largest absolute Gasteiger partial charge is 0.350 e. The molecule has 0 aliphatic carbocycles. The maximum atomic E-state index is 12.7. The molecule has 1 atom stereocenters. The van der Waals surface area contributed by atoms with Crippen molar-refractivity contribution in [2.24, 2.45) is 5.92 Å². The zero-order valence-corrected chi connectivity index (χ0v) is 15.5. The van der Waals surface area contributed by atoms with Crippen molar-refractivity contribution >= 4 is 22.6 Å². The first-order valence-corrected chi connectivity index (χ1v) is 9.01. The molecule has 0 radical (unpaired) electrons. The number of benzene rings is 2. The molecule has 0 unspecified atom stereocenters. The van der Waals surface area contributed by atoms with Crippen LogP contribution >= 0.6 is 0 Å². The van der Waals surface area contributed by atoms with Crippen LogP contribution in [-0.4, -0.2) is 22.8 Å². The van der Waals surface area contributed by atoms with Crippen molar-refractivity contribution in [3.8, 4) is 0 Å². The summed E-state index contributed by atoms with van der Waals surface area (Å²) in [5.41, 5.74) is 1.45. The van der Waals surface area contributed by atoms with Crippen molar-refractivity contribution in [1.29, 1.82) is 0 Å². The Hall–Kier alpha value is -3.21. The third kappa shape index (κ3) is 4.70. The Labute approximate surface area is 158 Å². The second kappa shape index (κ2) is 8.45. The van der Waals surface area contributed by atoms with Gasteiger partial charge >= 0.3 is 0 Å². The standard InChI is InChI=1S/C22H23N3O2/c1-15(2)20(22(27)24-14-16-6-5-11-23-13-16)25-21(26)19-10-9-17-7-3-4-8-18(17)12-19/h3-13,15,20H,14H2,1-2H3,(H,24,27)(H,25,26)/t20-/m1/s1. The minimum Gasteiger partial charge on any atom is -0.350 e. The number of pyridine rings is 1. The summed E-state index contributed by atoms with van der Waals surface area (Å²) >= 11 is 0. The van der Waals surface area contributed by atoms with E-state index in [0.29, 0.717) is 12.1 Å². The van der Waals surface area contributed by atoms with Gasteiger partial charge in [-0.25, -0.2) is 0 Å². The van der Waals surface area contributed by atoms with E-state index in [2.05, 4.69) is 15.6 Å². The second-order valence-electron chi connectivity index (χ2n) is 6.84. The van der Waals surface area contributed by atoms with Crippen LogP contribution in [-0.2, 0) is 11.3 Å². The highest BCUT2D eigenvalue weighted by Gasteiger charge is 2.24. The van der Waals surface area contributed by atoms with Gasteiger partial charge in [-0.1, -0.05) is 50.2 Å². The van der Waals surface area contributed by atoms with E-state index < -0.39 is 6.04 Å². The predicted octanol–water partition coefficient (Wildman–Crippen LogP) is 3.31. The SMILES string of the molecule is CC(C)[C@@H](NC(=O)c1ccc2ccccc2c1)C(=O)NCc1cccnc1. The van der Waals surface area contributed by atoms with Gasteiger partial charge in [0.15, 0.2) is 0 Å². The molecular formula is C22H23N3O2. The first-order valence-electron chi connectivity index (χ1n) is 9.01. The summed E-state index contributed by atoms with van der Waals surface area (Å²) in [4.78, 5) is 29.3. The number of aromatic nitrogens is 1. The van der Waals surface area contributed by atoms with Gasteiger partial charge in [-0.2, -0.15) is 0 Å². The molecule has 1 heterocycles. The lowest BCUT2D eigenvalue weighted by atomic mass is 10.0. The molecule has 5 heteroatoms. The highest BCUT2D eigenvalue weighted by atomic mass is 16.2. The molecule has 27 heavy (non-hydrogen) atoms. The minimum atomic E-state index is -0.611. The lowest BCUT2D eigenvalue weighted by Gasteiger charge is -2.22. The molecule has 3 rings (SSSR count). The van der Waals surface area contributed by atoms with Crippen LogP contribution in [0.15, 0.2) is 67.0 Å². The highest BCUT2D eigenvalue weighted by Crippen LogP contribution is 2.16. The van der Waals surface area contributed by atoms with Crippen LogP contribution in [0.25, 0.3) is 10.8 Å². The van der Waals surface area contributed by atoms with Crippen molar-refractivity contribution in [3.63, 3.8) is 0 Å². The van der Waals surface area contributed by atoms with E-state index in [4.69, 9.17) is 0 Å². The number of rotatable bonds is 6. The summed E-state index contributed by atoms with van der Waals surface area (Å²) in [5.74, 6) is -0.498. The topological polar surface area (TPSA) is 71.1 Å². The van der Waals surface area contributed by atoms with Crippen LogP contribution in [0.3, 0.4) is 0 Å². The fourth-order valence-corrected chi connectivity index (χ4v) is 2.89. The average molecular weight is 361 g/mol. The zero-order valence-electron chi connectivity index (χ0n) is 15.5. The van der Waals surface area contributed by atoms with Gasteiger partial charge in [-0.15, -0.1) is 0 Å². The molecule has 2 amide bonds. The van der Waals surface area contributed by atoms with Crippen LogP contribution in [0.5, 0.6) is 0 Å². The fraction of sp³-hybridized carbons (Fsp3) is 0.227. The van der Waals surface area contributed by atoms with Crippen LogP contribution in [0.2, 0.25) is 0 Å². The molecule has 5 nitrogen and oxygen atoms in total. The van der Waals surface area contributed by atoms with Crippen LogP contribution in [0.1, 0.15) is 29.8 Å². The van der Waals surface area contributed by atoms with E-state index in [0.717, 1.165) is 16.3 Å². The molecule has 138 valence electrons. The Morgan fingerprint density at radius 1 is 1.00 bits per heavy atom. The number of nitrogens with zero attached hydrogens (tertiary/aromatic N) is 1. The van der Waals surface area contributed by atoms with Gasteiger partial charge in [0.1, 0.15) is 6.04 Å². The van der Waals surface area contributed by atoms with Crippen molar-refractivity contribution in [1.82, 2.24) is 15.6 Å². The fourth-order valence-electron chi connectivity index (χ4n) is 2.89. The average Bonchev–Trinajstić information content (AvgIpc) is 2.70. The normalized spacial score (nSPS) is 12.0. The van der Waals surface area contributed by atoms with E-state index in [9.17, 15) is 9.59 Å². The molecule has 0 aliphatic heterocycles. The molecule has 0 aliphatic rings. The quantitative estimate of drug-likeness (QED) is 0.708. The van der Waals surface area contributed by atoms with Crippen LogP contribution < -0.4 is 10.6 Å². The Balaban J connectivity index is 1.68. The maximum Gasteiger partial charge on any atom is 0.251 e. The second-order valence-corrected chi connectivity index (χ2v) is 6.84. The van der Waals surface area contributed by atoms with Gasteiger partial charge < -0.3 is 10.6 Å². The minimum absolute atomic E-state index is 0.0386. The van der Waals surface area contributed by atoms with Gasteiger partial charge in [0.25, 0.3) is 5.91 Å². The van der Waals surface area contributed by atoms with Crippen molar-refractivity contribution in [3.05, 3.63) is 78.1 Å². The third-order valence-electron chi connectivity index (χ3n) is 4.44. The summed E-state index contributed by atoms with van der Waals surface area (Å²) in [5, 5.41) is 7.81. The Bertz CT molecular complexity index is 938. The summed E-state index contributed by atoms with van der Waals surface area (Å²) in [7, 11) is 0. The molecule has 0 saturated carbocycles. The highest BCUT2D eigenvalue weighted by molar-refractivity contribution is 6.00.